The first-order valence-corrected chi connectivity index (χ1v) is 5.92. The molecule has 0 saturated heterocycles. The van der Waals surface area contributed by atoms with Crippen molar-refractivity contribution >= 4 is 12.6 Å². The first-order chi connectivity index (χ1) is 8.69. The van der Waals surface area contributed by atoms with E-state index >= 15 is 0 Å². The molecular formula is C14H15BO3. The fourth-order valence-electron chi connectivity index (χ4n) is 1.67. The zero-order valence-electron chi connectivity index (χ0n) is 10.2. The molecule has 0 aromatic heterocycles. The second kappa shape index (κ2) is 5.71. The molecule has 0 aliphatic carbocycles. The lowest BCUT2D eigenvalue weighted by atomic mass is 9.80. The van der Waals surface area contributed by atoms with Crippen LogP contribution in [0, 0.1) is 0 Å². The highest BCUT2D eigenvalue weighted by atomic mass is 16.5. The summed E-state index contributed by atoms with van der Waals surface area (Å²) >= 11 is 0. The van der Waals surface area contributed by atoms with Gasteiger partial charge in [0.2, 0.25) is 0 Å². The molecule has 3 nitrogen and oxygen atoms in total. The van der Waals surface area contributed by atoms with E-state index < -0.39 is 7.12 Å². The average Bonchev–Trinajstić information content (AvgIpc) is 2.40. The Labute approximate surface area is 107 Å². The molecule has 2 rings (SSSR count). The predicted octanol–water partition coefficient (Wildman–Crippen LogP) is 1.72. The molecule has 0 aliphatic rings. The highest BCUT2D eigenvalue weighted by Crippen LogP contribution is 2.20. The number of aryl methyl sites for hydroxylation is 1. The van der Waals surface area contributed by atoms with Gasteiger partial charge in [0.05, 0.1) is 0 Å². The molecule has 4 heteroatoms. The molecule has 0 radical (unpaired) electrons. The van der Waals surface area contributed by atoms with Crippen molar-refractivity contribution < 1.29 is 14.8 Å². The lowest BCUT2D eigenvalue weighted by molar-refractivity contribution is 0.425. The van der Waals surface area contributed by atoms with E-state index in [1.807, 2.05) is 24.3 Å². The van der Waals surface area contributed by atoms with Crippen LogP contribution in [0.4, 0.5) is 0 Å². The SMILES string of the molecule is CCc1ccc(Oc2cccc(B(O)O)c2)cc1. The maximum Gasteiger partial charge on any atom is 0.488 e. The van der Waals surface area contributed by atoms with Crippen molar-refractivity contribution in [3.8, 4) is 11.5 Å². The lowest BCUT2D eigenvalue weighted by Crippen LogP contribution is -2.29. The van der Waals surface area contributed by atoms with E-state index in [0.29, 0.717) is 11.2 Å². The van der Waals surface area contributed by atoms with E-state index in [1.54, 1.807) is 24.3 Å². The summed E-state index contributed by atoms with van der Waals surface area (Å²) in [5.41, 5.74) is 1.67. The van der Waals surface area contributed by atoms with Gasteiger partial charge in [-0.25, -0.2) is 0 Å². The summed E-state index contributed by atoms with van der Waals surface area (Å²) in [7, 11) is -1.48. The van der Waals surface area contributed by atoms with Crippen molar-refractivity contribution in [3.05, 3.63) is 54.1 Å². The third-order valence-electron chi connectivity index (χ3n) is 2.72. The molecule has 0 amide bonds. The highest BCUT2D eigenvalue weighted by molar-refractivity contribution is 6.58. The summed E-state index contributed by atoms with van der Waals surface area (Å²) < 4.78 is 5.65. The molecule has 2 aromatic carbocycles. The minimum atomic E-state index is -1.48. The first kappa shape index (κ1) is 12.7. The van der Waals surface area contributed by atoms with Gasteiger partial charge in [-0.3, -0.25) is 0 Å². The molecule has 0 fully saturated rings. The molecule has 0 heterocycles. The zero-order valence-corrected chi connectivity index (χ0v) is 10.2. The zero-order chi connectivity index (χ0) is 13.0. The van der Waals surface area contributed by atoms with Crippen LogP contribution in [-0.2, 0) is 6.42 Å². The molecule has 2 N–H and O–H groups in total. The Morgan fingerprint density at radius 2 is 1.72 bits per heavy atom. The van der Waals surface area contributed by atoms with Gasteiger partial charge in [-0.2, -0.15) is 0 Å². The van der Waals surface area contributed by atoms with Gasteiger partial charge < -0.3 is 14.8 Å². The van der Waals surface area contributed by atoms with E-state index in [-0.39, 0.29) is 0 Å². The van der Waals surface area contributed by atoms with Crippen LogP contribution in [0.25, 0.3) is 0 Å². The minimum Gasteiger partial charge on any atom is -0.457 e. The van der Waals surface area contributed by atoms with Gasteiger partial charge in [0, 0.05) is 0 Å². The van der Waals surface area contributed by atoms with Crippen molar-refractivity contribution in [2.45, 2.75) is 13.3 Å². The molecule has 18 heavy (non-hydrogen) atoms. The molecule has 0 spiro atoms. The Bertz CT molecular complexity index is 509. The molecule has 0 unspecified atom stereocenters. The molecule has 0 bridgehead atoms. The summed E-state index contributed by atoms with van der Waals surface area (Å²) in [5.74, 6) is 1.32. The van der Waals surface area contributed by atoms with E-state index in [2.05, 4.69) is 6.92 Å². The molecule has 0 atom stereocenters. The van der Waals surface area contributed by atoms with E-state index in [0.717, 1.165) is 12.2 Å². The topological polar surface area (TPSA) is 49.7 Å². The fourth-order valence-corrected chi connectivity index (χ4v) is 1.67. The van der Waals surface area contributed by atoms with Gasteiger partial charge in [-0.15, -0.1) is 0 Å². The third-order valence-corrected chi connectivity index (χ3v) is 2.72. The molecule has 0 saturated carbocycles. The summed E-state index contributed by atoms with van der Waals surface area (Å²) in [6.07, 6.45) is 0.993. The summed E-state index contributed by atoms with van der Waals surface area (Å²) in [6, 6.07) is 14.6. The Kier molecular flexibility index (Phi) is 4.02. The smallest absolute Gasteiger partial charge is 0.457 e. The van der Waals surface area contributed by atoms with Crippen molar-refractivity contribution in [3.63, 3.8) is 0 Å². The predicted molar refractivity (Wildman–Crippen MR) is 72.2 cm³/mol. The Hall–Kier alpha value is -1.78. The lowest BCUT2D eigenvalue weighted by Gasteiger charge is -2.08. The van der Waals surface area contributed by atoms with Crippen molar-refractivity contribution in [1.29, 1.82) is 0 Å². The number of hydrogen-bond acceptors (Lipinski definition) is 3. The van der Waals surface area contributed by atoms with E-state index in [4.69, 9.17) is 14.8 Å². The number of hydrogen-bond donors (Lipinski definition) is 2. The van der Waals surface area contributed by atoms with Crippen LogP contribution >= 0.6 is 0 Å². The van der Waals surface area contributed by atoms with Crippen molar-refractivity contribution in [2.75, 3.05) is 0 Å². The maximum absolute atomic E-state index is 9.08. The van der Waals surface area contributed by atoms with Gasteiger partial charge in [-0.1, -0.05) is 31.2 Å². The van der Waals surface area contributed by atoms with Crippen LogP contribution in [-0.4, -0.2) is 17.2 Å². The van der Waals surface area contributed by atoms with Gasteiger partial charge in [0.1, 0.15) is 11.5 Å². The normalized spacial score (nSPS) is 10.2. The number of ether oxygens (including phenoxy) is 1. The largest absolute Gasteiger partial charge is 0.488 e. The second-order valence-corrected chi connectivity index (χ2v) is 4.05. The Balaban J connectivity index is 2.15. The highest BCUT2D eigenvalue weighted by Gasteiger charge is 2.11. The van der Waals surface area contributed by atoms with Crippen LogP contribution < -0.4 is 10.2 Å². The monoisotopic (exact) mass is 242 g/mol. The molecule has 2 aromatic rings. The minimum absolute atomic E-state index is 0.415. The standard InChI is InChI=1S/C14H15BO3/c1-2-11-6-8-13(9-7-11)18-14-5-3-4-12(10-14)15(16)17/h3-10,16-17H,2H2,1H3. The first-order valence-electron chi connectivity index (χ1n) is 5.92. The summed E-state index contributed by atoms with van der Waals surface area (Å²) in [6.45, 7) is 2.10. The number of benzene rings is 2. The van der Waals surface area contributed by atoms with Gasteiger partial charge in [-0.05, 0) is 41.7 Å². The maximum atomic E-state index is 9.08. The van der Waals surface area contributed by atoms with E-state index in [9.17, 15) is 0 Å². The van der Waals surface area contributed by atoms with Gasteiger partial charge in [0.25, 0.3) is 0 Å². The van der Waals surface area contributed by atoms with Gasteiger partial charge >= 0.3 is 7.12 Å². The van der Waals surface area contributed by atoms with Crippen LogP contribution in [0.3, 0.4) is 0 Å². The fraction of sp³-hybridized carbons (Fsp3) is 0.143. The molecule has 92 valence electrons. The van der Waals surface area contributed by atoms with E-state index in [1.165, 1.54) is 5.56 Å². The Morgan fingerprint density at radius 3 is 2.33 bits per heavy atom. The van der Waals surface area contributed by atoms with Crippen LogP contribution in [0.2, 0.25) is 0 Å². The molecule has 0 aliphatic heterocycles. The molecular weight excluding hydrogens is 227 g/mol. The summed E-state index contributed by atoms with van der Waals surface area (Å²) in [4.78, 5) is 0. The quantitative estimate of drug-likeness (QED) is 0.802. The van der Waals surface area contributed by atoms with Crippen molar-refractivity contribution in [1.82, 2.24) is 0 Å². The third kappa shape index (κ3) is 3.12. The van der Waals surface area contributed by atoms with Crippen LogP contribution in [0.15, 0.2) is 48.5 Å². The Morgan fingerprint density at radius 1 is 1.00 bits per heavy atom. The van der Waals surface area contributed by atoms with Crippen molar-refractivity contribution in [2.24, 2.45) is 0 Å². The number of rotatable bonds is 4. The average molecular weight is 242 g/mol. The van der Waals surface area contributed by atoms with Crippen LogP contribution in [0.1, 0.15) is 12.5 Å². The van der Waals surface area contributed by atoms with Gasteiger partial charge in [0.15, 0.2) is 0 Å². The van der Waals surface area contributed by atoms with Crippen LogP contribution in [0.5, 0.6) is 11.5 Å². The summed E-state index contributed by atoms with van der Waals surface area (Å²) in [5, 5.41) is 18.2. The second-order valence-electron chi connectivity index (χ2n) is 4.05.